The highest BCUT2D eigenvalue weighted by atomic mass is 32.2. The number of piperidine rings is 1. The van der Waals surface area contributed by atoms with Crippen LogP contribution in [0, 0.1) is 0 Å². The Bertz CT molecular complexity index is 973. The Labute approximate surface area is 169 Å². The van der Waals surface area contributed by atoms with E-state index in [1.54, 1.807) is 12.1 Å². The van der Waals surface area contributed by atoms with E-state index in [-0.39, 0.29) is 29.6 Å². The average molecular weight is 420 g/mol. The summed E-state index contributed by atoms with van der Waals surface area (Å²) in [6, 6.07) is 8.73. The topological polar surface area (TPSA) is 127 Å². The van der Waals surface area contributed by atoms with Crippen molar-refractivity contribution in [2.45, 2.75) is 37.1 Å². The second kappa shape index (κ2) is 8.30. The number of phenolic OH excluding ortho intramolecular Hbond substituents is 3. The van der Waals surface area contributed by atoms with Gasteiger partial charge in [-0.3, -0.25) is 4.79 Å². The Morgan fingerprint density at radius 3 is 2.14 bits per heavy atom. The lowest BCUT2D eigenvalue weighted by Crippen LogP contribution is -2.46. The van der Waals surface area contributed by atoms with E-state index in [4.69, 9.17) is 0 Å². The van der Waals surface area contributed by atoms with Crippen LogP contribution in [0.4, 0.5) is 0 Å². The third-order valence-electron chi connectivity index (χ3n) is 5.09. The minimum Gasteiger partial charge on any atom is -0.504 e. The molecule has 1 heterocycles. The molecule has 0 unspecified atom stereocenters. The average Bonchev–Trinajstić information content (AvgIpc) is 2.72. The summed E-state index contributed by atoms with van der Waals surface area (Å²) in [6.07, 6.45) is 1.71. The molecule has 9 heteroatoms. The molecule has 29 heavy (non-hydrogen) atoms. The fraction of sp³-hybridized carbons (Fsp3) is 0.350. The first-order chi connectivity index (χ1) is 13.7. The first kappa shape index (κ1) is 20.9. The van der Waals surface area contributed by atoms with Gasteiger partial charge in [0.15, 0.2) is 17.2 Å². The van der Waals surface area contributed by atoms with Gasteiger partial charge in [-0.05, 0) is 49.1 Å². The monoisotopic (exact) mass is 420 g/mol. The summed E-state index contributed by atoms with van der Waals surface area (Å²) in [5.74, 6) is -2.39. The van der Waals surface area contributed by atoms with Gasteiger partial charge in [0.25, 0.3) is 5.91 Å². The van der Waals surface area contributed by atoms with Crippen LogP contribution in [0.1, 0.15) is 35.7 Å². The Morgan fingerprint density at radius 2 is 1.62 bits per heavy atom. The molecule has 1 fully saturated rings. The maximum absolute atomic E-state index is 12.8. The second-order valence-corrected chi connectivity index (χ2v) is 8.95. The minimum atomic E-state index is -3.58. The van der Waals surface area contributed by atoms with Crippen LogP contribution in [0.2, 0.25) is 0 Å². The number of sulfonamides is 1. The lowest BCUT2D eigenvalue weighted by molar-refractivity contribution is 0.0923. The van der Waals surface area contributed by atoms with Gasteiger partial charge in [0.2, 0.25) is 10.0 Å². The van der Waals surface area contributed by atoms with Crippen LogP contribution < -0.4 is 5.32 Å². The lowest BCUT2D eigenvalue weighted by atomic mass is 10.1. The quantitative estimate of drug-likeness (QED) is 0.548. The molecule has 0 spiro atoms. The number of carbonyl (C=O) groups is 1. The molecule has 0 radical (unpaired) electrons. The summed E-state index contributed by atoms with van der Waals surface area (Å²) < 4.78 is 27.0. The van der Waals surface area contributed by atoms with Crippen LogP contribution in [0.5, 0.6) is 17.2 Å². The highest BCUT2D eigenvalue weighted by Crippen LogP contribution is 2.35. The van der Waals surface area contributed by atoms with Gasteiger partial charge in [0.05, 0.1) is 4.90 Å². The number of hydrogen-bond donors (Lipinski definition) is 4. The van der Waals surface area contributed by atoms with Crippen molar-refractivity contribution in [1.29, 1.82) is 0 Å². The lowest BCUT2D eigenvalue weighted by Gasteiger charge is -2.31. The molecule has 0 bridgehead atoms. The van der Waals surface area contributed by atoms with Gasteiger partial charge in [-0.25, -0.2) is 8.42 Å². The van der Waals surface area contributed by atoms with Crippen molar-refractivity contribution < 1.29 is 28.5 Å². The van der Waals surface area contributed by atoms with E-state index in [0.717, 1.165) is 24.1 Å². The van der Waals surface area contributed by atoms with E-state index in [9.17, 15) is 28.5 Å². The molecule has 2 aromatic rings. The molecule has 2 aromatic carbocycles. The van der Waals surface area contributed by atoms with E-state index in [1.807, 2.05) is 19.1 Å². The van der Waals surface area contributed by atoms with Crippen LogP contribution in [-0.2, 0) is 16.4 Å². The number of phenols is 3. The third-order valence-corrected chi connectivity index (χ3v) is 7.00. The Hall–Kier alpha value is -2.78. The summed E-state index contributed by atoms with van der Waals surface area (Å²) in [7, 11) is -3.58. The zero-order valence-corrected chi connectivity index (χ0v) is 16.8. The van der Waals surface area contributed by atoms with Crippen molar-refractivity contribution in [3.63, 3.8) is 0 Å². The zero-order chi connectivity index (χ0) is 21.2. The van der Waals surface area contributed by atoms with E-state index >= 15 is 0 Å². The van der Waals surface area contributed by atoms with Gasteiger partial charge in [0, 0.05) is 24.7 Å². The molecule has 1 saturated heterocycles. The van der Waals surface area contributed by atoms with Gasteiger partial charge in [-0.15, -0.1) is 0 Å². The highest BCUT2D eigenvalue weighted by molar-refractivity contribution is 7.89. The Kier molecular flexibility index (Phi) is 5.99. The maximum Gasteiger partial charge on any atom is 0.251 e. The van der Waals surface area contributed by atoms with Crippen molar-refractivity contribution in [2.24, 2.45) is 0 Å². The zero-order valence-electron chi connectivity index (χ0n) is 16.0. The third kappa shape index (κ3) is 4.46. The number of hydrogen-bond acceptors (Lipinski definition) is 6. The van der Waals surface area contributed by atoms with Crippen LogP contribution in [0.15, 0.2) is 41.3 Å². The normalized spacial score (nSPS) is 15.9. The largest absolute Gasteiger partial charge is 0.504 e. The molecule has 156 valence electrons. The van der Waals surface area contributed by atoms with E-state index in [1.165, 1.54) is 4.31 Å². The smallest absolute Gasteiger partial charge is 0.251 e. The number of rotatable bonds is 5. The molecule has 1 aliphatic rings. The molecular formula is C20H24N2O6S. The highest BCUT2D eigenvalue weighted by Gasteiger charge is 2.30. The van der Waals surface area contributed by atoms with Gasteiger partial charge >= 0.3 is 0 Å². The van der Waals surface area contributed by atoms with Crippen molar-refractivity contribution >= 4 is 15.9 Å². The second-order valence-electron chi connectivity index (χ2n) is 7.01. The van der Waals surface area contributed by atoms with Crippen molar-refractivity contribution in [3.8, 4) is 17.2 Å². The Balaban J connectivity index is 1.62. The maximum atomic E-state index is 12.8. The number of aryl methyl sites for hydroxylation is 1. The molecule has 8 nitrogen and oxygen atoms in total. The molecular weight excluding hydrogens is 396 g/mol. The standard InChI is InChI=1S/C20H24N2O6S/c1-2-13-3-5-16(6-4-13)29(27,28)22-9-7-15(8-10-22)21-20(26)14-11-17(23)19(25)18(24)12-14/h3-6,11-12,15,23-25H,2,7-10H2,1H3,(H,21,26). The fourth-order valence-corrected chi connectivity index (χ4v) is 4.76. The van der Waals surface area contributed by atoms with Gasteiger partial charge in [0.1, 0.15) is 0 Å². The Morgan fingerprint density at radius 1 is 1.07 bits per heavy atom. The predicted octanol–water partition coefficient (Wildman–Crippen LogP) is 1.95. The van der Waals surface area contributed by atoms with E-state index in [2.05, 4.69) is 5.32 Å². The van der Waals surface area contributed by atoms with Gasteiger partial charge < -0.3 is 20.6 Å². The summed E-state index contributed by atoms with van der Waals surface area (Å²) >= 11 is 0. The minimum absolute atomic E-state index is 0.00358. The molecule has 3 rings (SSSR count). The van der Waals surface area contributed by atoms with Gasteiger partial charge in [-0.2, -0.15) is 4.31 Å². The molecule has 1 aliphatic heterocycles. The van der Waals surface area contributed by atoms with Crippen LogP contribution in [0.3, 0.4) is 0 Å². The van der Waals surface area contributed by atoms with Crippen molar-refractivity contribution in [3.05, 3.63) is 47.5 Å². The molecule has 0 atom stereocenters. The van der Waals surface area contributed by atoms with Crippen LogP contribution in [0.25, 0.3) is 0 Å². The van der Waals surface area contributed by atoms with Gasteiger partial charge in [-0.1, -0.05) is 19.1 Å². The van der Waals surface area contributed by atoms with E-state index < -0.39 is 33.2 Å². The SMILES string of the molecule is CCc1ccc(S(=O)(=O)N2CCC(NC(=O)c3cc(O)c(O)c(O)c3)CC2)cc1. The number of carbonyl (C=O) groups excluding carboxylic acids is 1. The molecule has 0 aromatic heterocycles. The number of benzene rings is 2. The molecule has 4 N–H and O–H groups in total. The number of nitrogens with zero attached hydrogens (tertiary/aromatic N) is 1. The molecule has 0 aliphatic carbocycles. The van der Waals surface area contributed by atoms with Crippen molar-refractivity contribution in [1.82, 2.24) is 9.62 Å². The summed E-state index contributed by atoms with van der Waals surface area (Å²) in [5.41, 5.74) is 1.07. The number of amides is 1. The summed E-state index contributed by atoms with van der Waals surface area (Å²) in [6.45, 7) is 2.55. The van der Waals surface area contributed by atoms with Crippen molar-refractivity contribution in [2.75, 3.05) is 13.1 Å². The van der Waals surface area contributed by atoms with E-state index in [0.29, 0.717) is 12.8 Å². The summed E-state index contributed by atoms with van der Waals surface area (Å²) in [5, 5.41) is 31.2. The molecule has 1 amide bonds. The number of nitrogens with one attached hydrogen (secondary N) is 1. The predicted molar refractivity (Wildman–Crippen MR) is 107 cm³/mol. The van der Waals surface area contributed by atoms with Crippen LogP contribution >= 0.6 is 0 Å². The summed E-state index contributed by atoms with van der Waals surface area (Å²) in [4.78, 5) is 12.6. The first-order valence-corrected chi connectivity index (χ1v) is 10.8. The van der Waals surface area contributed by atoms with Crippen LogP contribution in [-0.4, -0.2) is 53.1 Å². The fourth-order valence-electron chi connectivity index (χ4n) is 3.29. The number of aromatic hydroxyl groups is 3. The first-order valence-electron chi connectivity index (χ1n) is 9.37. The molecule has 0 saturated carbocycles.